The average molecular weight is 326 g/mol. The van der Waals surface area contributed by atoms with E-state index in [1.807, 2.05) is 0 Å². The first kappa shape index (κ1) is 18.2. The Bertz CT molecular complexity index is 545. The summed E-state index contributed by atoms with van der Waals surface area (Å²) in [6.07, 6.45) is 1.12. The van der Waals surface area contributed by atoms with Crippen LogP contribution in [-0.2, 0) is 20.7 Å². The summed E-state index contributed by atoms with van der Waals surface area (Å²) in [6, 6.07) is 7.06. The van der Waals surface area contributed by atoms with Crippen LogP contribution in [-0.4, -0.2) is 36.7 Å². The number of benzene rings is 1. The van der Waals surface area contributed by atoms with Crippen molar-refractivity contribution < 1.29 is 19.1 Å². The quantitative estimate of drug-likeness (QED) is 0.344. The van der Waals surface area contributed by atoms with E-state index in [1.54, 1.807) is 24.3 Å². The number of Topliss-reactive ketones (excluding diaryl/α,β-unsaturated/α-hetero) is 1. The Hall–Kier alpha value is -1.88. The molecule has 0 aliphatic heterocycles. The third-order valence-corrected chi connectivity index (χ3v) is 3.46. The number of esters is 1. The van der Waals surface area contributed by atoms with Crippen molar-refractivity contribution in [3.8, 4) is 0 Å². The molecule has 1 N–H and O–H groups in total. The van der Waals surface area contributed by atoms with Gasteiger partial charge in [0.25, 0.3) is 0 Å². The van der Waals surface area contributed by atoms with Gasteiger partial charge < -0.3 is 10.1 Å². The highest BCUT2D eigenvalue weighted by Crippen LogP contribution is 2.17. The predicted molar refractivity (Wildman–Crippen MR) is 84.1 cm³/mol. The van der Waals surface area contributed by atoms with Gasteiger partial charge in [-0.3, -0.25) is 14.4 Å². The summed E-state index contributed by atoms with van der Waals surface area (Å²) in [5, 5.41) is 1.83. The second-order valence-corrected chi connectivity index (χ2v) is 5.39. The second-order valence-electron chi connectivity index (χ2n) is 4.86. The maximum atomic E-state index is 12.3. The summed E-state index contributed by atoms with van der Waals surface area (Å²) in [6.45, 7) is 1.90. The zero-order chi connectivity index (χ0) is 16.5. The molecule has 22 heavy (non-hydrogen) atoms. The maximum Gasteiger partial charge on any atom is 0.324 e. The Balaban J connectivity index is 2.68. The number of carbonyl (C=O) groups excluding carboxylic acids is 3. The first-order valence-corrected chi connectivity index (χ1v) is 7.46. The van der Waals surface area contributed by atoms with Gasteiger partial charge in [0.15, 0.2) is 5.78 Å². The highest BCUT2D eigenvalue weighted by Gasteiger charge is 2.19. The van der Waals surface area contributed by atoms with Crippen LogP contribution in [0.25, 0.3) is 0 Å². The number of methoxy groups -OCH3 is 1. The topological polar surface area (TPSA) is 72.5 Å². The lowest BCUT2D eigenvalue weighted by molar-refractivity contribution is -0.140. The molecule has 6 heteroatoms. The Morgan fingerprint density at radius 1 is 1.27 bits per heavy atom. The molecule has 0 aliphatic rings. The van der Waals surface area contributed by atoms with Gasteiger partial charge in [-0.1, -0.05) is 24.3 Å². The molecule has 1 rings (SSSR count). The van der Waals surface area contributed by atoms with Crippen molar-refractivity contribution in [3.05, 3.63) is 35.4 Å². The molecule has 5 nitrogen and oxygen atoms in total. The fourth-order valence-electron chi connectivity index (χ4n) is 2.02. The third-order valence-electron chi connectivity index (χ3n) is 3.13. The first-order valence-electron chi connectivity index (χ1n) is 7.03. The first-order chi connectivity index (χ1) is 10.5. The zero-order valence-electron chi connectivity index (χ0n) is 12.7. The molecule has 0 bridgehead atoms. The van der Waals surface area contributed by atoms with Gasteiger partial charge in [-0.25, -0.2) is 0 Å². The SMILES string of the molecule is COC(=O)C(Cl)Cc1ccccc1C(=O)CCCNC(C)=O. The lowest BCUT2D eigenvalue weighted by atomic mass is 9.97. The van der Waals surface area contributed by atoms with Crippen LogP contribution < -0.4 is 5.32 Å². The molecule has 1 aromatic rings. The van der Waals surface area contributed by atoms with Crippen LogP contribution in [0.5, 0.6) is 0 Å². The van der Waals surface area contributed by atoms with Crippen LogP contribution in [0.3, 0.4) is 0 Å². The number of rotatable bonds is 8. The number of hydrogen-bond donors (Lipinski definition) is 1. The van der Waals surface area contributed by atoms with Gasteiger partial charge in [-0.2, -0.15) is 0 Å². The number of halogens is 1. The van der Waals surface area contributed by atoms with E-state index in [1.165, 1.54) is 14.0 Å². The molecule has 0 heterocycles. The van der Waals surface area contributed by atoms with E-state index in [0.29, 0.717) is 24.9 Å². The highest BCUT2D eigenvalue weighted by atomic mass is 35.5. The average Bonchev–Trinajstić information content (AvgIpc) is 2.50. The fourth-order valence-corrected chi connectivity index (χ4v) is 2.28. The zero-order valence-corrected chi connectivity index (χ0v) is 13.5. The smallest absolute Gasteiger partial charge is 0.324 e. The normalized spacial score (nSPS) is 11.6. The largest absolute Gasteiger partial charge is 0.468 e. The Labute approximate surface area is 135 Å². The van der Waals surface area contributed by atoms with Crippen molar-refractivity contribution in [2.24, 2.45) is 0 Å². The minimum Gasteiger partial charge on any atom is -0.468 e. The number of nitrogens with one attached hydrogen (secondary N) is 1. The second kappa shape index (κ2) is 9.20. The summed E-state index contributed by atoms with van der Waals surface area (Å²) >= 11 is 5.97. The number of hydrogen-bond acceptors (Lipinski definition) is 4. The van der Waals surface area contributed by atoms with Crippen molar-refractivity contribution in [2.75, 3.05) is 13.7 Å². The number of alkyl halides is 1. The Kier molecular flexibility index (Phi) is 7.60. The maximum absolute atomic E-state index is 12.3. The van der Waals surface area contributed by atoms with Crippen LogP contribution in [0, 0.1) is 0 Å². The van der Waals surface area contributed by atoms with Crippen molar-refractivity contribution in [3.63, 3.8) is 0 Å². The van der Waals surface area contributed by atoms with E-state index in [4.69, 9.17) is 11.6 Å². The molecular formula is C16H20ClNO4. The molecule has 1 amide bonds. The molecule has 0 radical (unpaired) electrons. The summed E-state index contributed by atoms with van der Waals surface area (Å²) in [5.74, 6) is -0.667. The minimum atomic E-state index is -0.821. The van der Waals surface area contributed by atoms with E-state index >= 15 is 0 Å². The molecule has 1 unspecified atom stereocenters. The predicted octanol–water partition coefficient (Wildman–Crippen LogP) is 2.11. The van der Waals surface area contributed by atoms with E-state index in [0.717, 1.165) is 5.56 Å². The van der Waals surface area contributed by atoms with E-state index in [9.17, 15) is 14.4 Å². The summed E-state index contributed by atoms with van der Waals surface area (Å²) in [7, 11) is 1.27. The van der Waals surface area contributed by atoms with Crippen molar-refractivity contribution >= 4 is 29.3 Å². The molecule has 0 aromatic heterocycles. The summed E-state index contributed by atoms with van der Waals surface area (Å²) in [5.41, 5.74) is 1.28. The molecule has 0 saturated heterocycles. The summed E-state index contributed by atoms with van der Waals surface area (Å²) < 4.78 is 4.59. The molecule has 120 valence electrons. The van der Waals surface area contributed by atoms with Gasteiger partial charge in [0.1, 0.15) is 5.38 Å². The van der Waals surface area contributed by atoms with Crippen LogP contribution in [0.2, 0.25) is 0 Å². The monoisotopic (exact) mass is 325 g/mol. The standard InChI is InChI=1S/C16H20ClNO4/c1-11(19)18-9-5-8-15(20)13-7-4-3-6-12(13)10-14(17)16(21)22-2/h3-4,6-7,14H,5,8-10H2,1-2H3,(H,18,19). The van der Waals surface area contributed by atoms with Gasteiger partial charge >= 0.3 is 5.97 Å². The molecule has 0 fully saturated rings. The molecular weight excluding hydrogens is 306 g/mol. The van der Waals surface area contributed by atoms with Gasteiger partial charge in [0, 0.05) is 31.9 Å². The van der Waals surface area contributed by atoms with Crippen LogP contribution >= 0.6 is 11.6 Å². The van der Waals surface area contributed by atoms with Crippen molar-refractivity contribution in [1.82, 2.24) is 5.32 Å². The van der Waals surface area contributed by atoms with E-state index in [2.05, 4.69) is 10.1 Å². The Morgan fingerprint density at radius 2 is 1.95 bits per heavy atom. The van der Waals surface area contributed by atoms with Gasteiger partial charge in [0.2, 0.25) is 5.91 Å². The van der Waals surface area contributed by atoms with Gasteiger partial charge in [-0.15, -0.1) is 11.6 Å². The van der Waals surface area contributed by atoms with Crippen LogP contribution in [0.4, 0.5) is 0 Å². The van der Waals surface area contributed by atoms with Gasteiger partial charge in [-0.05, 0) is 12.0 Å². The number of ketones is 1. The highest BCUT2D eigenvalue weighted by molar-refractivity contribution is 6.30. The van der Waals surface area contributed by atoms with Gasteiger partial charge in [0.05, 0.1) is 7.11 Å². The number of amides is 1. The van der Waals surface area contributed by atoms with Crippen LogP contribution in [0.1, 0.15) is 35.7 Å². The number of carbonyl (C=O) groups is 3. The van der Waals surface area contributed by atoms with Crippen molar-refractivity contribution in [1.29, 1.82) is 0 Å². The summed E-state index contributed by atoms with van der Waals surface area (Å²) in [4.78, 5) is 34.4. The Morgan fingerprint density at radius 3 is 2.59 bits per heavy atom. The van der Waals surface area contributed by atoms with Crippen LogP contribution in [0.15, 0.2) is 24.3 Å². The van der Waals surface area contributed by atoms with E-state index in [-0.39, 0.29) is 18.1 Å². The van der Waals surface area contributed by atoms with E-state index < -0.39 is 11.3 Å². The molecule has 1 atom stereocenters. The van der Waals surface area contributed by atoms with Crippen molar-refractivity contribution in [2.45, 2.75) is 31.6 Å². The number of ether oxygens (including phenoxy) is 1. The molecule has 0 aliphatic carbocycles. The lowest BCUT2D eigenvalue weighted by Gasteiger charge is -2.11. The minimum absolute atomic E-state index is 0.0327. The lowest BCUT2D eigenvalue weighted by Crippen LogP contribution is -2.22. The fraction of sp³-hybridized carbons (Fsp3) is 0.438. The molecule has 0 saturated carbocycles. The molecule has 1 aromatic carbocycles. The molecule has 0 spiro atoms. The third kappa shape index (κ3) is 5.85.